The third-order valence-corrected chi connectivity index (χ3v) is 5.37. The lowest BCUT2D eigenvalue weighted by atomic mass is 9.99. The van der Waals surface area contributed by atoms with Crippen LogP contribution in [0.3, 0.4) is 0 Å². The van der Waals surface area contributed by atoms with E-state index in [0.29, 0.717) is 22.8 Å². The second-order valence-corrected chi connectivity index (χ2v) is 8.30. The quantitative estimate of drug-likeness (QED) is 0.324. The number of carbonyl (C=O) groups excluding carboxylic acids is 2. The van der Waals surface area contributed by atoms with Gasteiger partial charge in [-0.1, -0.05) is 6.07 Å². The van der Waals surface area contributed by atoms with E-state index in [-0.39, 0.29) is 28.9 Å². The molecule has 3 aromatic rings. The SMILES string of the molecule is Cc1ccc(O)c(N2C(=O)C(=O)/C(=C(\O)c3ccc(OC(C)C)cc3)C2c2ccc(C)o2)c1. The highest BCUT2D eigenvalue weighted by atomic mass is 16.5. The molecule has 2 aromatic carbocycles. The van der Waals surface area contributed by atoms with Crippen LogP contribution in [0.25, 0.3) is 5.76 Å². The predicted molar refractivity (Wildman–Crippen MR) is 123 cm³/mol. The summed E-state index contributed by atoms with van der Waals surface area (Å²) >= 11 is 0. The molecule has 7 nitrogen and oxygen atoms in total. The second kappa shape index (κ2) is 8.50. The van der Waals surface area contributed by atoms with Crippen LogP contribution in [0.15, 0.2) is 64.6 Å². The van der Waals surface area contributed by atoms with E-state index >= 15 is 0 Å². The Morgan fingerprint density at radius 2 is 1.73 bits per heavy atom. The number of phenolic OH excluding ortho intramolecular Hbond substituents is 1. The number of ketones is 1. The van der Waals surface area contributed by atoms with Crippen molar-refractivity contribution in [3.05, 3.63) is 82.8 Å². The molecule has 1 aromatic heterocycles. The van der Waals surface area contributed by atoms with E-state index in [1.54, 1.807) is 55.5 Å². The van der Waals surface area contributed by atoms with Crippen molar-refractivity contribution in [2.24, 2.45) is 0 Å². The summed E-state index contributed by atoms with van der Waals surface area (Å²) in [7, 11) is 0. The van der Waals surface area contributed by atoms with Gasteiger partial charge in [0.1, 0.15) is 34.8 Å². The van der Waals surface area contributed by atoms with Crippen LogP contribution in [-0.4, -0.2) is 28.0 Å². The van der Waals surface area contributed by atoms with Crippen molar-refractivity contribution >= 4 is 23.1 Å². The van der Waals surface area contributed by atoms with Gasteiger partial charge in [0.05, 0.1) is 17.4 Å². The molecule has 4 rings (SSSR count). The molecule has 0 bridgehead atoms. The lowest BCUT2D eigenvalue weighted by Crippen LogP contribution is -2.29. The number of aliphatic hydroxyl groups excluding tert-OH is 1. The number of amides is 1. The zero-order valence-electron chi connectivity index (χ0n) is 18.8. The van der Waals surface area contributed by atoms with Gasteiger partial charge in [-0.05, 0) is 81.8 Å². The van der Waals surface area contributed by atoms with Crippen LogP contribution in [0, 0.1) is 13.8 Å². The number of furan rings is 1. The highest BCUT2D eigenvalue weighted by Crippen LogP contribution is 2.45. The lowest BCUT2D eigenvalue weighted by Gasteiger charge is -2.24. The van der Waals surface area contributed by atoms with Crippen LogP contribution in [0.4, 0.5) is 5.69 Å². The Morgan fingerprint density at radius 1 is 1.03 bits per heavy atom. The van der Waals surface area contributed by atoms with Crippen molar-refractivity contribution in [2.45, 2.75) is 39.8 Å². The van der Waals surface area contributed by atoms with Gasteiger partial charge < -0.3 is 19.4 Å². The van der Waals surface area contributed by atoms with Crippen LogP contribution >= 0.6 is 0 Å². The minimum absolute atomic E-state index is 0.0148. The Labute approximate surface area is 191 Å². The summed E-state index contributed by atoms with van der Waals surface area (Å²) in [5.74, 6) is -0.728. The lowest BCUT2D eigenvalue weighted by molar-refractivity contribution is -0.132. The molecule has 1 aliphatic heterocycles. The molecule has 1 amide bonds. The van der Waals surface area contributed by atoms with Gasteiger partial charge in [-0.15, -0.1) is 0 Å². The van der Waals surface area contributed by atoms with Crippen molar-refractivity contribution in [1.82, 2.24) is 0 Å². The average Bonchev–Trinajstić information content (AvgIpc) is 3.30. The normalized spacial score (nSPS) is 17.7. The van der Waals surface area contributed by atoms with Gasteiger partial charge in [-0.2, -0.15) is 0 Å². The molecule has 2 heterocycles. The Hall–Kier alpha value is -4.00. The summed E-state index contributed by atoms with van der Waals surface area (Å²) in [5.41, 5.74) is 1.19. The zero-order chi connectivity index (χ0) is 23.9. The number of carbonyl (C=O) groups is 2. The molecule has 170 valence electrons. The Morgan fingerprint density at radius 3 is 2.33 bits per heavy atom. The van der Waals surface area contributed by atoms with Crippen LogP contribution in [0.1, 0.15) is 42.5 Å². The van der Waals surface area contributed by atoms with Gasteiger partial charge in [0.15, 0.2) is 0 Å². The highest BCUT2D eigenvalue weighted by Gasteiger charge is 2.49. The molecule has 0 aliphatic carbocycles. The number of Topliss-reactive ketones (excluding diaryl/α,β-unsaturated/α-hetero) is 1. The van der Waals surface area contributed by atoms with Gasteiger partial charge in [0.2, 0.25) is 0 Å². The van der Waals surface area contributed by atoms with Gasteiger partial charge in [-0.25, -0.2) is 0 Å². The Balaban J connectivity index is 1.88. The number of hydrogen-bond donors (Lipinski definition) is 2. The third kappa shape index (κ3) is 4.09. The first-order valence-corrected chi connectivity index (χ1v) is 10.6. The predicted octanol–water partition coefficient (Wildman–Crippen LogP) is 5.02. The van der Waals surface area contributed by atoms with Gasteiger partial charge in [0.25, 0.3) is 11.7 Å². The maximum absolute atomic E-state index is 13.1. The molecule has 0 radical (unpaired) electrons. The average molecular weight is 447 g/mol. The van der Waals surface area contributed by atoms with Crippen molar-refractivity contribution in [3.8, 4) is 11.5 Å². The minimum Gasteiger partial charge on any atom is -0.507 e. The van der Waals surface area contributed by atoms with E-state index in [1.807, 2.05) is 20.8 Å². The number of nitrogens with zero attached hydrogens (tertiary/aromatic N) is 1. The highest BCUT2D eigenvalue weighted by molar-refractivity contribution is 6.51. The van der Waals surface area contributed by atoms with Gasteiger partial charge in [0, 0.05) is 5.56 Å². The van der Waals surface area contributed by atoms with Crippen molar-refractivity contribution in [2.75, 3.05) is 4.90 Å². The van der Waals surface area contributed by atoms with Crippen LogP contribution in [0.5, 0.6) is 11.5 Å². The van der Waals surface area contributed by atoms with Crippen LogP contribution < -0.4 is 9.64 Å². The summed E-state index contributed by atoms with van der Waals surface area (Å²) < 4.78 is 11.4. The monoisotopic (exact) mass is 447 g/mol. The molecular formula is C26H25NO6. The molecule has 1 unspecified atom stereocenters. The third-order valence-electron chi connectivity index (χ3n) is 5.37. The van der Waals surface area contributed by atoms with Crippen molar-refractivity contribution in [1.29, 1.82) is 0 Å². The summed E-state index contributed by atoms with van der Waals surface area (Å²) in [6.07, 6.45) is -0.0148. The fourth-order valence-electron chi connectivity index (χ4n) is 3.90. The summed E-state index contributed by atoms with van der Waals surface area (Å²) in [4.78, 5) is 27.5. The van der Waals surface area contributed by atoms with Gasteiger partial charge >= 0.3 is 0 Å². The number of rotatable bonds is 5. The van der Waals surface area contributed by atoms with E-state index in [0.717, 1.165) is 5.56 Å². The Bertz CT molecular complexity index is 1250. The summed E-state index contributed by atoms with van der Waals surface area (Å²) in [6, 6.07) is 13.7. The number of hydrogen-bond acceptors (Lipinski definition) is 6. The topological polar surface area (TPSA) is 100 Å². The fraction of sp³-hybridized carbons (Fsp3) is 0.231. The maximum Gasteiger partial charge on any atom is 0.300 e. The number of aromatic hydroxyl groups is 1. The van der Waals surface area contributed by atoms with E-state index < -0.39 is 17.7 Å². The first-order chi connectivity index (χ1) is 15.7. The molecule has 1 atom stereocenters. The fourth-order valence-corrected chi connectivity index (χ4v) is 3.90. The molecule has 2 N–H and O–H groups in total. The van der Waals surface area contributed by atoms with E-state index in [4.69, 9.17) is 9.15 Å². The molecule has 1 fully saturated rings. The largest absolute Gasteiger partial charge is 0.507 e. The summed E-state index contributed by atoms with van der Waals surface area (Å²) in [6.45, 7) is 7.36. The number of anilines is 1. The first kappa shape index (κ1) is 22.2. The van der Waals surface area contributed by atoms with Crippen LogP contribution in [0.2, 0.25) is 0 Å². The number of phenols is 1. The molecular weight excluding hydrogens is 422 g/mol. The summed E-state index contributed by atoms with van der Waals surface area (Å²) in [5, 5.41) is 21.6. The smallest absolute Gasteiger partial charge is 0.300 e. The second-order valence-electron chi connectivity index (χ2n) is 8.30. The molecule has 33 heavy (non-hydrogen) atoms. The number of aliphatic hydroxyl groups is 1. The van der Waals surface area contributed by atoms with Crippen molar-refractivity contribution < 1.29 is 29.0 Å². The van der Waals surface area contributed by atoms with Crippen LogP contribution in [-0.2, 0) is 9.59 Å². The first-order valence-electron chi connectivity index (χ1n) is 10.6. The molecule has 7 heteroatoms. The van der Waals surface area contributed by atoms with Gasteiger partial charge in [-0.3, -0.25) is 14.5 Å². The molecule has 0 saturated carbocycles. The zero-order valence-corrected chi connectivity index (χ0v) is 18.8. The van der Waals surface area contributed by atoms with E-state index in [9.17, 15) is 19.8 Å². The van der Waals surface area contributed by atoms with E-state index in [1.165, 1.54) is 11.0 Å². The Kier molecular flexibility index (Phi) is 5.72. The maximum atomic E-state index is 13.1. The standard InChI is InChI=1S/C26H25NO6/c1-14(2)32-18-9-7-17(8-10-18)24(29)22-23(21-12-6-16(4)33-21)27(26(31)25(22)30)19-13-15(3)5-11-20(19)28/h5-14,23,28-29H,1-4H3/b24-22-. The molecule has 1 saturated heterocycles. The minimum atomic E-state index is -1.04. The number of benzene rings is 2. The van der Waals surface area contributed by atoms with E-state index in [2.05, 4.69) is 0 Å². The number of aryl methyl sites for hydroxylation is 2. The molecule has 0 spiro atoms. The molecule has 1 aliphatic rings. The van der Waals surface area contributed by atoms with Crippen molar-refractivity contribution in [3.63, 3.8) is 0 Å². The number of ether oxygens (including phenoxy) is 1.